The van der Waals surface area contributed by atoms with Gasteiger partial charge in [0.1, 0.15) is 12.1 Å². The van der Waals surface area contributed by atoms with Crippen molar-refractivity contribution in [3.63, 3.8) is 0 Å². The second-order valence-corrected chi connectivity index (χ2v) is 4.97. The average Bonchev–Trinajstić information content (AvgIpc) is 2.79. The summed E-state index contributed by atoms with van der Waals surface area (Å²) >= 11 is 0. The maximum absolute atomic E-state index is 11.9. The number of rotatable bonds is 8. The van der Waals surface area contributed by atoms with Crippen LogP contribution in [0.3, 0.4) is 0 Å². The number of nitrogens with two attached hydrogens (primary N) is 1. The molecule has 108 valence electrons. The van der Waals surface area contributed by atoms with E-state index in [-0.39, 0.29) is 11.8 Å². The SMILES string of the molecule is CCCCCC[C@@H](NC(=O)[C@@H]1CCC(=O)N1)C(N)=O. The van der Waals surface area contributed by atoms with Crippen molar-refractivity contribution >= 4 is 17.7 Å². The summed E-state index contributed by atoms with van der Waals surface area (Å²) in [7, 11) is 0. The summed E-state index contributed by atoms with van der Waals surface area (Å²) in [6, 6.07) is -1.16. The Morgan fingerprint density at radius 1 is 1.42 bits per heavy atom. The van der Waals surface area contributed by atoms with Gasteiger partial charge in [0.25, 0.3) is 0 Å². The summed E-state index contributed by atoms with van der Waals surface area (Å²) in [6.45, 7) is 2.11. The zero-order valence-electron chi connectivity index (χ0n) is 11.4. The van der Waals surface area contributed by atoms with Crippen LogP contribution in [0.25, 0.3) is 0 Å². The number of carbonyl (C=O) groups is 3. The van der Waals surface area contributed by atoms with Gasteiger partial charge in [0, 0.05) is 6.42 Å². The van der Waals surface area contributed by atoms with Crippen molar-refractivity contribution in [3.8, 4) is 0 Å². The lowest BCUT2D eigenvalue weighted by Gasteiger charge is -2.18. The Balaban J connectivity index is 2.37. The second-order valence-electron chi connectivity index (χ2n) is 4.97. The molecule has 6 nitrogen and oxygen atoms in total. The largest absolute Gasteiger partial charge is 0.368 e. The fourth-order valence-corrected chi connectivity index (χ4v) is 2.14. The topological polar surface area (TPSA) is 101 Å². The number of carbonyl (C=O) groups excluding carboxylic acids is 3. The normalized spacial score (nSPS) is 19.8. The van der Waals surface area contributed by atoms with E-state index in [1.807, 2.05) is 0 Å². The van der Waals surface area contributed by atoms with Crippen molar-refractivity contribution in [1.82, 2.24) is 10.6 Å². The number of amides is 3. The first-order valence-corrected chi connectivity index (χ1v) is 6.93. The van der Waals surface area contributed by atoms with E-state index in [4.69, 9.17) is 5.73 Å². The molecule has 0 aliphatic carbocycles. The Morgan fingerprint density at radius 3 is 2.68 bits per heavy atom. The molecule has 1 aliphatic rings. The summed E-state index contributed by atoms with van der Waals surface area (Å²) in [4.78, 5) is 34.2. The van der Waals surface area contributed by atoms with Crippen LogP contribution in [0.15, 0.2) is 0 Å². The number of primary amides is 1. The number of nitrogens with one attached hydrogen (secondary N) is 2. The van der Waals surface area contributed by atoms with Crippen LogP contribution in [-0.2, 0) is 14.4 Å². The van der Waals surface area contributed by atoms with E-state index in [9.17, 15) is 14.4 Å². The first-order chi connectivity index (χ1) is 9.04. The number of hydrogen-bond donors (Lipinski definition) is 3. The van der Waals surface area contributed by atoms with Crippen molar-refractivity contribution in [2.24, 2.45) is 5.73 Å². The molecule has 0 aromatic rings. The van der Waals surface area contributed by atoms with Gasteiger partial charge in [0.05, 0.1) is 0 Å². The quantitative estimate of drug-likeness (QED) is 0.549. The van der Waals surface area contributed by atoms with E-state index in [0.29, 0.717) is 19.3 Å². The molecule has 0 unspecified atom stereocenters. The molecule has 0 spiro atoms. The van der Waals surface area contributed by atoms with Crippen LogP contribution in [0.5, 0.6) is 0 Å². The van der Waals surface area contributed by atoms with Crippen LogP contribution < -0.4 is 16.4 Å². The fourth-order valence-electron chi connectivity index (χ4n) is 2.14. The molecule has 6 heteroatoms. The monoisotopic (exact) mass is 269 g/mol. The third-order valence-electron chi connectivity index (χ3n) is 3.32. The predicted octanol–water partition coefficient (Wildman–Crippen LogP) is 0.206. The molecule has 0 bridgehead atoms. The second kappa shape index (κ2) is 7.76. The van der Waals surface area contributed by atoms with Crippen LogP contribution in [-0.4, -0.2) is 29.8 Å². The summed E-state index contributed by atoms with van der Waals surface area (Å²) in [5, 5.41) is 5.20. The van der Waals surface area contributed by atoms with Crippen molar-refractivity contribution in [2.75, 3.05) is 0 Å². The van der Waals surface area contributed by atoms with Crippen LogP contribution in [0.1, 0.15) is 51.9 Å². The third-order valence-corrected chi connectivity index (χ3v) is 3.32. The van der Waals surface area contributed by atoms with Gasteiger partial charge in [-0.15, -0.1) is 0 Å². The summed E-state index contributed by atoms with van der Waals surface area (Å²) in [5.41, 5.74) is 5.28. The minimum absolute atomic E-state index is 0.126. The van der Waals surface area contributed by atoms with E-state index in [0.717, 1.165) is 25.7 Å². The predicted molar refractivity (Wildman–Crippen MR) is 71.0 cm³/mol. The number of unbranched alkanes of at least 4 members (excludes halogenated alkanes) is 3. The number of hydrogen-bond acceptors (Lipinski definition) is 3. The van der Waals surface area contributed by atoms with Crippen LogP contribution in [0.4, 0.5) is 0 Å². The lowest BCUT2D eigenvalue weighted by atomic mass is 10.1. The molecule has 2 atom stereocenters. The van der Waals surface area contributed by atoms with Gasteiger partial charge in [-0.2, -0.15) is 0 Å². The molecular weight excluding hydrogens is 246 g/mol. The molecular formula is C13H23N3O3. The van der Waals surface area contributed by atoms with Gasteiger partial charge in [-0.05, 0) is 12.8 Å². The van der Waals surface area contributed by atoms with E-state index in [1.165, 1.54) is 0 Å². The Labute approximate surface area is 113 Å². The minimum atomic E-state index is -0.637. The van der Waals surface area contributed by atoms with E-state index in [1.54, 1.807) is 0 Å². The fraction of sp³-hybridized carbons (Fsp3) is 0.769. The molecule has 1 rings (SSSR count). The van der Waals surface area contributed by atoms with Crippen molar-refractivity contribution < 1.29 is 14.4 Å². The van der Waals surface area contributed by atoms with E-state index >= 15 is 0 Å². The molecule has 3 amide bonds. The molecule has 0 aromatic heterocycles. The molecule has 1 saturated heterocycles. The van der Waals surface area contributed by atoms with Crippen molar-refractivity contribution in [2.45, 2.75) is 64.0 Å². The summed E-state index contributed by atoms with van der Waals surface area (Å²) in [6.07, 6.45) is 5.50. The van der Waals surface area contributed by atoms with Gasteiger partial charge >= 0.3 is 0 Å². The zero-order chi connectivity index (χ0) is 14.3. The highest BCUT2D eigenvalue weighted by Crippen LogP contribution is 2.09. The summed E-state index contributed by atoms with van der Waals surface area (Å²) in [5.74, 6) is -0.960. The Hall–Kier alpha value is -1.59. The lowest BCUT2D eigenvalue weighted by molar-refractivity contribution is -0.129. The Bertz CT molecular complexity index is 344. The highest BCUT2D eigenvalue weighted by Gasteiger charge is 2.29. The zero-order valence-corrected chi connectivity index (χ0v) is 11.4. The first kappa shape index (κ1) is 15.5. The Morgan fingerprint density at radius 2 is 2.16 bits per heavy atom. The molecule has 1 heterocycles. The molecule has 4 N–H and O–H groups in total. The van der Waals surface area contributed by atoms with Crippen molar-refractivity contribution in [3.05, 3.63) is 0 Å². The molecule has 19 heavy (non-hydrogen) atoms. The van der Waals surface area contributed by atoms with E-state index in [2.05, 4.69) is 17.6 Å². The molecule has 1 aliphatic heterocycles. The maximum Gasteiger partial charge on any atom is 0.243 e. The highest BCUT2D eigenvalue weighted by atomic mass is 16.2. The molecule has 0 saturated carbocycles. The Kier molecular flexibility index (Phi) is 6.32. The summed E-state index contributed by atoms with van der Waals surface area (Å²) < 4.78 is 0. The third kappa shape index (κ3) is 5.28. The lowest BCUT2D eigenvalue weighted by Crippen LogP contribution is -2.50. The smallest absolute Gasteiger partial charge is 0.243 e. The molecule has 0 radical (unpaired) electrons. The molecule has 0 aromatic carbocycles. The maximum atomic E-state index is 11.9. The van der Waals surface area contributed by atoms with Gasteiger partial charge < -0.3 is 16.4 Å². The standard InChI is InChI=1S/C13H23N3O3/c1-2-3-4-5-6-9(12(14)18)16-13(19)10-7-8-11(17)15-10/h9-10H,2-8H2,1H3,(H2,14,18)(H,15,17)(H,16,19)/t9-,10+/m1/s1. The van der Waals surface area contributed by atoms with Crippen LogP contribution in [0.2, 0.25) is 0 Å². The van der Waals surface area contributed by atoms with Crippen LogP contribution in [0, 0.1) is 0 Å². The van der Waals surface area contributed by atoms with Gasteiger partial charge in [0.15, 0.2) is 0 Å². The molecule has 1 fully saturated rings. The minimum Gasteiger partial charge on any atom is -0.368 e. The van der Waals surface area contributed by atoms with Gasteiger partial charge in [-0.25, -0.2) is 0 Å². The van der Waals surface area contributed by atoms with Gasteiger partial charge in [-0.1, -0.05) is 32.6 Å². The average molecular weight is 269 g/mol. The highest BCUT2D eigenvalue weighted by molar-refractivity contribution is 5.93. The van der Waals surface area contributed by atoms with Crippen LogP contribution >= 0.6 is 0 Å². The van der Waals surface area contributed by atoms with Gasteiger partial charge in [-0.3, -0.25) is 14.4 Å². The van der Waals surface area contributed by atoms with E-state index < -0.39 is 18.0 Å². The van der Waals surface area contributed by atoms with Crippen molar-refractivity contribution in [1.29, 1.82) is 0 Å². The first-order valence-electron chi connectivity index (χ1n) is 6.93. The van der Waals surface area contributed by atoms with Gasteiger partial charge in [0.2, 0.25) is 17.7 Å².